The Hall–Kier alpha value is -1.32. The van der Waals surface area contributed by atoms with Crippen molar-refractivity contribution in [2.75, 3.05) is 14.2 Å². The molecule has 2 nitrogen and oxygen atoms in total. The summed E-state index contributed by atoms with van der Waals surface area (Å²) in [5, 5.41) is 3.39. The van der Waals surface area contributed by atoms with Crippen LogP contribution in [0.3, 0.4) is 0 Å². The van der Waals surface area contributed by atoms with E-state index in [1.165, 1.54) is 16.7 Å². The van der Waals surface area contributed by atoms with Gasteiger partial charge in [0.15, 0.2) is 0 Å². The minimum atomic E-state index is 0.276. The predicted octanol–water partition coefficient (Wildman–Crippen LogP) is 4.27. The molecule has 1 unspecified atom stereocenters. The number of hydrogen-bond acceptors (Lipinski definition) is 2. The zero-order valence-corrected chi connectivity index (χ0v) is 13.7. The van der Waals surface area contributed by atoms with Crippen molar-refractivity contribution < 1.29 is 4.74 Å². The quantitative estimate of drug-likeness (QED) is 0.882. The molecule has 0 spiro atoms. The fourth-order valence-corrected chi connectivity index (χ4v) is 2.88. The molecular weight excluding hydrogens is 314 g/mol. The third-order valence-electron chi connectivity index (χ3n) is 3.49. The lowest BCUT2D eigenvalue weighted by Crippen LogP contribution is -2.19. The standard InChI is InChI=1S/C17H20BrNO/c1-12-4-6-13(7-5-12)10-17(19-2)15-9-8-14(20-3)11-16(15)18/h4-9,11,17,19H,10H2,1-3H3. The maximum absolute atomic E-state index is 5.24. The molecule has 0 bridgehead atoms. The summed E-state index contributed by atoms with van der Waals surface area (Å²) in [6.45, 7) is 2.11. The topological polar surface area (TPSA) is 21.3 Å². The van der Waals surface area contributed by atoms with Crippen molar-refractivity contribution >= 4 is 15.9 Å². The highest BCUT2D eigenvalue weighted by molar-refractivity contribution is 9.10. The Kier molecular flexibility index (Phi) is 5.21. The van der Waals surface area contributed by atoms with E-state index in [0.29, 0.717) is 0 Å². The summed E-state index contributed by atoms with van der Waals surface area (Å²) in [5.41, 5.74) is 3.87. The van der Waals surface area contributed by atoms with Crippen molar-refractivity contribution in [3.63, 3.8) is 0 Å². The van der Waals surface area contributed by atoms with Gasteiger partial charge in [0.2, 0.25) is 0 Å². The van der Waals surface area contributed by atoms with E-state index < -0.39 is 0 Å². The van der Waals surface area contributed by atoms with Gasteiger partial charge in [-0.3, -0.25) is 0 Å². The van der Waals surface area contributed by atoms with E-state index in [1.54, 1.807) is 7.11 Å². The highest BCUT2D eigenvalue weighted by atomic mass is 79.9. The van der Waals surface area contributed by atoms with Crippen molar-refractivity contribution in [1.82, 2.24) is 5.32 Å². The van der Waals surface area contributed by atoms with Gasteiger partial charge in [-0.25, -0.2) is 0 Å². The lowest BCUT2D eigenvalue weighted by atomic mass is 9.98. The highest BCUT2D eigenvalue weighted by Gasteiger charge is 2.14. The largest absolute Gasteiger partial charge is 0.497 e. The molecule has 1 atom stereocenters. The Labute approximate surface area is 129 Å². The van der Waals surface area contributed by atoms with Crippen molar-refractivity contribution in [2.24, 2.45) is 0 Å². The molecule has 0 saturated heterocycles. The summed E-state index contributed by atoms with van der Waals surface area (Å²) in [6.07, 6.45) is 0.960. The van der Waals surface area contributed by atoms with E-state index in [2.05, 4.69) is 58.5 Å². The fourth-order valence-electron chi connectivity index (χ4n) is 2.24. The molecule has 0 heterocycles. The van der Waals surface area contributed by atoms with E-state index >= 15 is 0 Å². The summed E-state index contributed by atoms with van der Waals surface area (Å²) >= 11 is 3.63. The first-order chi connectivity index (χ1) is 9.63. The van der Waals surface area contributed by atoms with Gasteiger partial charge in [-0.05, 0) is 43.7 Å². The first kappa shape index (κ1) is 15.1. The number of hydrogen-bond donors (Lipinski definition) is 1. The van der Waals surface area contributed by atoms with Crippen LogP contribution in [0.25, 0.3) is 0 Å². The summed E-state index contributed by atoms with van der Waals surface area (Å²) in [6, 6.07) is 15.1. The first-order valence-corrected chi connectivity index (χ1v) is 7.49. The molecule has 0 aliphatic carbocycles. The van der Waals surface area contributed by atoms with E-state index in [0.717, 1.165) is 16.6 Å². The van der Waals surface area contributed by atoms with Gasteiger partial charge in [-0.15, -0.1) is 0 Å². The Morgan fingerprint density at radius 1 is 1.15 bits per heavy atom. The van der Waals surface area contributed by atoms with Crippen LogP contribution in [0.4, 0.5) is 0 Å². The number of nitrogens with one attached hydrogen (secondary N) is 1. The molecule has 2 aromatic carbocycles. The number of ether oxygens (including phenoxy) is 1. The van der Waals surface area contributed by atoms with E-state index in [9.17, 15) is 0 Å². The third kappa shape index (κ3) is 3.62. The van der Waals surface area contributed by atoms with Crippen LogP contribution in [0.2, 0.25) is 0 Å². The average molecular weight is 334 g/mol. The monoisotopic (exact) mass is 333 g/mol. The second kappa shape index (κ2) is 6.91. The van der Waals surface area contributed by atoms with Crippen LogP contribution in [0.1, 0.15) is 22.7 Å². The highest BCUT2D eigenvalue weighted by Crippen LogP contribution is 2.29. The second-order valence-electron chi connectivity index (χ2n) is 4.92. The smallest absolute Gasteiger partial charge is 0.120 e. The summed E-state index contributed by atoms with van der Waals surface area (Å²) in [5.74, 6) is 0.866. The van der Waals surface area contributed by atoms with Crippen molar-refractivity contribution in [3.05, 3.63) is 63.6 Å². The van der Waals surface area contributed by atoms with Gasteiger partial charge in [-0.2, -0.15) is 0 Å². The molecule has 0 radical (unpaired) electrons. The van der Waals surface area contributed by atoms with E-state index in [-0.39, 0.29) is 6.04 Å². The molecule has 3 heteroatoms. The molecule has 0 aromatic heterocycles. The number of aryl methyl sites for hydroxylation is 1. The number of benzene rings is 2. The molecule has 1 N–H and O–H groups in total. The number of halogens is 1. The van der Waals surface area contributed by atoms with Crippen LogP contribution in [0, 0.1) is 6.92 Å². The lowest BCUT2D eigenvalue weighted by molar-refractivity contribution is 0.414. The molecule has 0 aliphatic rings. The van der Waals surface area contributed by atoms with Gasteiger partial charge in [-0.1, -0.05) is 51.8 Å². The number of rotatable bonds is 5. The molecule has 0 fully saturated rings. The molecule has 2 rings (SSSR count). The Morgan fingerprint density at radius 3 is 2.40 bits per heavy atom. The Bertz CT molecular complexity index is 566. The number of likely N-dealkylation sites (N-methyl/N-ethyl adjacent to an activating group) is 1. The van der Waals surface area contributed by atoms with Crippen LogP contribution in [0.15, 0.2) is 46.9 Å². The molecule has 106 valence electrons. The van der Waals surface area contributed by atoms with Gasteiger partial charge < -0.3 is 10.1 Å². The molecular formula is C17H20BrNO. The van der Waals surface area contributed by atoms with Gasteiger partial charge >= 0.3 is 0 Å². The summed E-state index contributed by atoms with van der Waals surface area (Å²) < 4.78 is 6.32. The van der Waals surface area contributed by atoms with Gasteiger partial charge in [0.25, 0.3) is 0 Å². The SMILES string of the molecule is CNC(Cc1ccc(C)cc1)c1ccc(OC)cc1Br. The minimum Gasteiger partial charge on any atom is -0.497 e. The zero-order chi connectivity index (χ0) is 14.5. The molecule has 2 aromatic rings. The van der Waals surface area contributed by atoms with E-state index in [1.807, 2.05) is 19.2 Å². The van der Waals surface area contributed by atoms with Gasteiger partial charge in [0.1, 0.15) is 5.75 Å². The lowest BCUT2D eigenvalue weighted by Gasteiger charge is -2.19. The normalized spacial score (nSPS) is 12.2. The van der Waals surface area contributed by atoms with Crippen LogP contribution < -0.4 is 10.1 Å². The summed E-state index contributed by atoms with van der Waals surface area (Å²) in [4.78, 5) is 0. The van der Waals surface area contributed by atoms with Gasteiger partial charge in [0, 0.05) is 10.5 Å². The number of methoxy groups -OCH3 is 1. The average Bonchev–Trinajstić information content (AvgIpc) is 2.47. The maximum Gasteiger partial charge on any atom is 0.120 e. The summed E-state index contributed by atoms with van der Waals surface area (Å²) in [7, 11) is 3.68. The van der Waals surface area contributed by atoms with Crippen LogP contribution in [-0.2, 0) is 6.42 Å². The Balaban J connectivity index is 2.21. The molecule has 20 heavy (non-hydrogen) atoms. The van der Waals surface area contributed by atoms with Crippen LogP contribution in [-0.4, -0.2) is 14.2 Å². The molecule has 0 aliphatic heterocycles. The van der Waals surface area contributed by atoms with Crippen molar-refractivity contribution in [2.45, 2.75) is 19.4 Å². The Morgan fingerprint density at radius 2 is 1.85 bits per heavy atom. The zero-order valence-electron chi connectivity index (χ0n) is 12.1. The van der Waals surface area contributed by atoms with Crippen LogP contribution in [0.5, 0.6) is 5.75 Å². The molecule has 0 amide bonds. The van der Waals surface area contributed by atoms with Crippen molar-refractivity contribution in [1.29, 1.82) is 0 Å². The van der Waals surface area contributed by atoms with Crippen molar-refractivity contribution in [3.8, 4) is 5.75 Å². The maximum atomic E-state index is 5.24. The third-order valence-corrected chi connectivity index (χ3v) is 4.18. The minimum absolute atomic E-state index is 0.276. The predicted molar refractivity (Wildman–Crippen MR) is 87.4 cm³/mol. The fraction of sp³-hybridized carbons (Fsp3) is 0.294. The van der Waals surface area contributed by atoms with Crippen LogP contribution >= 0.6 is 15.9 Å². The van der Waals surface area contributed by atoms with E-state index in [4.69, 9.17) is 4.74 Å². The second-order valence-corrected chi connectivity index (χ2v) is 5.77. The van der Waals surface area contributed by atoms with Gasteiger partial charge in [0.05, 0.1) is 7.11 Å². The molecule has 0 saturated carbocycles. The first-order valence-electron chi connectivity index (χ1n) is 6.70.